The number of hydrogen-bond acceptors (Lipinski definition) is 4. The quantitative estimate of drug-likeness (QED) is 0.677. The lowest BCUT2D eigenvalue weighted by Gasteiger charge is -2.10. The van der Waals surface area contributed by atoms with Crippen LogP contribution >= 0.6 is 0 Å². The van der Waals surface area contributed by atoms with Gasteiger partial charge in [-0.3, -0.25) is 0 Å². The van der Waals surface area contributed by atoms with Gasteiger partial charge in [-0.2, -0.15) is 0 Å². The Bertz CT molecular complexity index is 312. The second kappa shape index (κ2) is 8.91. The van der Waals surface area contributed by atoms with Gasteiger partial charge in [0.25, 0.3) is 0 Å². The zero-order chi connectivity index (χ0) is 13.2. The molecule has 0 saturated heterocycles. The Morgan fingerprint density at radius 3 is 2.39 bits per heavy atom. The summed E-state index contributed by atoms with van der Waals surface area (Å²) < 4.78 is 11.0. The second-order valence-electron chi connectivity index (χ2n) is 4.47. The summed E-state index contributed by atoms with van der Waals surface area (Å²) in [5.74, 6) is 0.865. The molecule has 0 aliphatic rings. The molecule has 1 aromatic rings. The topological polar surface area (TPSA) is 47.7 Å². The molecular weight excluding hydrogens is 228 g/mol. The van der Waals surface area contributed by atoms with E-state index < -0.39 is 0 Å². The second-order valence-corrected chi connectivity index (χ2v) is 4.47. The summed E-state index contributed by atoms with van der Waals surface area (Å²) in [5, 5.41) is 0. The maximum atomic E-state index is 5.56. The highest BCUT2D eigenvalue weighted by Gasteiger charge is 1.95. The molecule has 1 rings (SSSR count). The Balaban J connectivity index is 2.03. The van der Waals surface area contributed by atoms with Gasteiger partial charge in [-0.25, -0.2) is 0 Å². The fraction of sp³-hybridized carbons (Fsp3) is 0.571. The third kappa shape index (κ3) is 6.59. The van der Waals surface area contributed by atoms with Crippen LogP contribution in [0.15, 0.2) is 24.3 Å². The van der Waals surface area contributed by atoms with Crippen molar-refractivity contribution in [3.05, 3.63) is 29.8 Å². The van der Waals surface area contributed by atoms with Crippen LogP contribution in [0.3, 0.4) is 0 Å². The Labute approximate surface area is 110 Å². The van der Waals surface area contributed by atoms with Crippen LogP contribution in [0.4, 0.5) is 0 Å². The van der Waals surface area contributed by atoms with Gasteiger partial charge >= 0.3 is 0 Å². The normalized spacial score (nSPS) is 10.9. The first-order valence-electron chi connectivity index (χ1n) is 6.36. The summed E-state index contributed by atoms with van der Waals surface area (Å²) in [6, 6.07) is 7.84. The summed E-state index contributed by atoms with van der Waals surface area (Å²) in [6.07, 6.45) is 1.05. The zero-order valence-electron chi connectivity index (χ0n) is 11.4. The van der Waals surface area contributed by atoms with E-state index in [9.17, 15) is 0 Å². The standard InChI is InChI=1S/C14H24N2O2/c1-16(2)8-3-9-17-10-11-18-14-6-4-13(12-15)5-7-14/h4-7H,3,8-12,15H2,1-2H3. The summed E-state index contributed by atoms with van der Waals surface area (Å²) >= 11 is 0. The van der Waals surface area contributed by atoms with Crippen molar-refractivity contribution in [2.24, 2.45) is 5.73 Å². The van der Waals surface area contributed by atoms with Crippen molar-refractivity contribution in [1.82, 2.24) is 4.90 Å². The zero-order valence-corrected chi connectivity index (χ0v) is 11.4. The molecule has 0 amide bonds. The molecule has 0 aliphatic carbocycles. The average Bonchev–Trinajstić information content (AvgIpc) is 2.38. The minimum Gasteiger partial charge on any atom is -0.491 e. The van der Waals surface area contributed by atoms with E-state index in [1.54, 1.807) is 0 Å². The molecule has 0 radical (unpaired) electrons. The van der Waals surface area contributed by atoms with Crippen molar-refractivity contribution < 1.29 is 9.47 Å². The molecule has 0 aromatic heterocycles. The van der Waals surface area contributed by atoms with Crippen LogP contribution < -0.4 is 10.5 Å². The molecule has 0 bridgehead atoms. The number of nitrogens with two attached hydrogens (primary N) is 1. The van der Waals surface area contributed by atoms with E-state index in [-0.39, 0.29) is 0 Å². The van der Waals surface area contributed by atoms with Gasteiger partial charge in [0.1, 0.15) is 12.4 Å². The van der Waals surface area contributed by atoms with Crippen molar-refractivity contribution in [3.63, 3.8) is 0 Å². The summed E-state index contributed by atoms with van der Waals surface area (Å²) in [7, 11) is 4.13. The molecule has 0 spiro atoms. The molecule has 0 saturated carbocycles. The molecule has 0 aliphatic heterocycles. The first-order chi connectivity index (χ1) is 8.72. The van der Waals surface area contributed by atoms with E-state index in [0.29, 0.717) is 19.8 Å². The van der Waals surface area contributed by atoms with Crippen LogP contribution in [0.5, 0.6) is 5.75 Å². The van der Waals surface area contributed by atoms with Gasteiger partial charge in [-0.1, -0.05) is 12.1 Å². The Morgan fingerprint density at radius 2 is 1.78 bits per heavy atom. The fourth-order valence-electron chi connectivity index (χ4n) is 1.53. The van der Waals surface area contributed by atoms with Crippen molar-refractivity contribution in [3.8, 4) is 5.75 Å². The van der Waals surface area contributed by atoms with Gasteiger partial charge in [-0.05, 0) is 44.8 Å². The van der Waals surface area contributed by atoms with Crippen LogP contribution in [0.1, 0.15) is 12.0 Å². The van der Waals surface area contributed by atoms with E-state index in [1.807, 2.05) is 24.3 Å². The molecule has 0 unspecified atom stereocenters. The van der Waals surface area contributed by atoms with Gasteiger partial charge in [0.15, 0.2) is 0 Å². The van der Waals surface area contributed by atoms with Crippen LogP contribution in [0, 0.1) is 0 Å². The third-order valence-electron chi connectivity index (χ3n) is 2.55. The van der Waals surface area contributed by atoms with E-state index in [0.717, 1.165) is 30.9 Å². The van der Waals surface area contributed by atoms with Crippen LogP contribution in [0.2, 0.25) is 0 Å². The van der Waals surface area contributed by atoms with Crippen LogP contribution in [-0.2, 0) is 11.3 Å². The highest BCUT2D eigenvalue weighted by molar-refractivity contribution is 5.26. The predicted octanol–water partition coefficient (Wildman–Crippen LogP) is 1.49. The van der Waals surface area contributed by atoms with Gasteiger partial charge in [-0.15, -0.1) is 0 Å². The highest BCUT2D eigenvalue weighted by atomic mass is 16.5. The Kier molecular flexibility index (Phi) is 7.41. The largest absolute Gasteiger partial charge is 0.491 e. The summed E-state index contributed by atoms with van der Waals surface area (Å²) in [6.45, 7) is 3.63. The van der Waals surface area contributed by atoms with Crippen molar-refractivity contribution in [2.75, 3.05) is 40.5 Å². The van der Waals surface area contributed by atoms with Crippen molar-refractivity contribution in [2.45, 2.75) is 13.0 Å². The monoisotopic (exact) mass is 252 g/mol. The number of hydrogen-bond donors (Lipinski definition) is 1. The molecule has 0 atom stereocenters. The Hall–Kier alpha value is -1.10. The van der Waals surface area contributed by atoms with Crippen LogP contribution in [-0.4, -0.2) is 45.4 Å². The maximum absolute atomic E-state index is 5.56. The molecular formula is C14H24N2O2. The summed E-state index contributed by atoms with van der Waals surface area (Å²) in [4.78, 5) is 2.15. The smallest absolute Gasteiger partial charge is 0.119 e. The van der Waals surface area contributed by atoms with Crippen molar-refractivity contribution >= 4 is 0 Å². The number of benzene rings is 1. The molecule has 4 heteroatoms. The van der Waals surface area contributed by atoms with E-state index >= 15 is 0 Å². The minimum atomic E-state index is 0.565. The highest BCUT2D eigenvalue weighted by Crippen LogP contribution is 2.11. The van der Waals surface area contributed by atoms with E-state index in [4.69, 9.17) is 15.2 Å². The SMILES string of the molecule is CN(C)CCCOCCOc1ccc(CN)cc1. The Morgan fingerprint density at radius 1 is 1.06 bits per heavy atom. The first kappa shape index (κ1) is 15.0. The van der Waals surface area contributed by atoms with Crippen molar-refractivity contribution in [1.29, 1.82) is 0 Å². The fourth-order valence-corrected chi connectivity index (χ4v) is 1.53. The van der Waals surface area contributed by atoms with E-state index in [2.05, 4.69) is 19.0 Å². The molecule has 1 aromatic carbocycles. The summed E-state index contributed by atoms with van der Waals surface area (Å²) in [5.41, 5.74) is 6.64. The lowest BCUT2D eigenvalue weighted by molar-refractivity contribution is 0.0946. The number of ether oxygens (including phenoxy) is 2. The van der Waals surface area contributed by atoms with Crippen LogP contribution in [0.25, 0.3) is 0 Å². The molecule has 0 heterocycles. The minimum absolute atomic E-state index is 0.565. The lowest BCUT2D eigenvalue weighted by atomic mass is 10.2. The maximum Gasteiger partial charge on any atom is 0.119 e. The van der Waals surface area contributed by atoms with Gasteiger partial charge < -0.3 is 20.1 Å². The molecule has 102 valence electrons. The third-order valence-corrected chi connectivity index (χ3v) is 2.55. The first-order valence-corrected chi connectivity index (χ1v) is 6.36. The molecule has 18 heavy (non-hydrogen) atoms. The van der Waals surface area contributed by atoms with Gasteiger partial charge in [0.2, 0.25) is 0 Å². The van der Waals surface area contributed by atoms with Gasteiger partial charge in [0.05, 0.1) is 6.61 Å². The van der Waals surface area contributed by atoms with E-state index in [1.165, 1.54) is 0 Å². The average molecular weight is 252 g/mol. The molecule has 0 fully saturated rings. The number of nitrogens with zero attached hydrogens (tertiary/aromatic N) is 1. The molecule has 2 N–H and O–H groups in total. The molecule has 4 nitrogen and oxygen atoms in total. The number of rotatable bonds is 9. The van der Waals surface area contributed by atoms with Gasteiger partial charge in [0, 0.05) is 13.2 Å². The lowest BCUT2D eigenvalue weighted by Crippen LogP contribution is -2.16. The predicted molar refractivity (Wildman–Crippen MR) is 73.8 cm³/mol.